The predicted octanol–water partition coefficient (Wildman–Crippen LogP) is 3.02. The van der Waals surface area contributed by atoms with E-state index in [1.54, 1.807) is 12.4 Å². The van der Waals surface area contributed by atoms with Gasteiger partial charge < -0.3 is 5.32 Å². The minimum atomic E-state index is -3.66. The number of anilines is 1. The number of carbonyl (C=O) groups is 2. The van der Waals surface area contributed by atoms with Crippen molar-refractivity contribution in [1.82, 2.24) is 14.3 Å². The molecule has 0 unspecified atom stereocenters. The molecule has 0 spiro atoms. The number of piperidine rings is 1. The minimum absolute atomic E-state index is 0.116. The van der Waals surface area contributed by atoms with Gasteiger partial charge in [-0.15, -0.1) is 0 Å². The molecule has 1 aromatic carbocycles. The number of nitrogens with one attached hydrogen (secondary N) is 1. The molecule has 31 heavy (non-hydrogen) atoms. The highest BCUT2D eigenvalue weighted by molar-refractivity contribution is 7.89. The van der Waals surface area contributed by atoms with E-state index >= 15 is 0 Å². The molecule has 1 saturated heterocycles. The summed E-state index contributed by atoms with van der Waals surface area (Å²) in [5.41, 5.74) is 0.820. The Morgan fingerprint density at radius 1 is 1.03 bits per heavy atom. The first-order valence-electron chi connectivity index (χ1n) is 10.2. The third-order valence-electron chi connectivity index (χ3n) is 5.31. The summed E-state index contributed by atoms with van der Waals surface area (Å²) in [4.78, 5) is 32.8. The summed E-state index contributed by atoms with van der Waals surface area (Å²) in [5.74, 6) is 0.137. The van der Waals surface area contributed by atoms with Gasteiger partial charge in [0, 0.05) is 30.0 Å². The van der Waals surface area contributed by atoms with Crippen molar-refractivity contribution in [3.05, 3.63) is 48.0 Å². The molecule has 0 saturated carbocycles. The van der Waals surface area contributed by atoms with Gasteiger partial charge in [0.2, 0.25) is 15.9 Å². The summed E-state index contributed by atoms with van der Waals surface area (Å²) < 4.78 is 27.1. The molecule has 1 aromatic heterocycles. The normalized spacial score (nSPS) is 16.1. The quantitative estimate of drug-likeness (QED) is 0.710. The van der Waals surface area contributed by atoms with Crippen LogP contribution in [0.2, 0.25) is 0 Å². The summed E-state index contributed by atoms with van der Waals surface area (Å²) in [5, 5.41) is 2.83. The van der Waals surface area contributed by atoms with Crippen molar-refractivity contribution >= 4 is 27.4 Å². The lowest BCUT2D eigenvalue weighted by atomic mass is 9.96. The lowest BCUT2D eigenvalue weighted by Gasteiger charge is -2.30. The summed E-state index contributed by atoms with van der Waals surface area (Å²) in [7, 11) is -3.66. The van der Waals surface area contributed by atoms with Crippen LogP contribution in [-0.4, -0.2) is 47.5 Å². The smallest absolute Gasteiger partial charge is 0.243 e. The van der Waals surface area contributed by atoms with Gasteiger partial charge in [-0.05, 0) is 31.9 Å². The highest BCUT2D eigenvalue weighted by Crippen LogP contribution is 2.25. The fourth-order valence-corrected chi connectivity index (χ4v) is 4.86. The molecule has 0 bridgehead atoms. The summed E-state index contributed by atoms with van der Waals surface area (Å²) in [6.45, 7) is 7.99. The van der Waals surface area contributed by atoms with Gasteiger partial charge in [-0.3, -0.25) is 9.59 Å². The fourth-order valence-electron chi connectivity index (χ4n) is 3.39. The van der Waals surface area contributed by atoms with Crippen LogP contribution in [0.25, 0.3) is 0 Å². The molecule has 3 rings (SSSR count). The van der Waals surface area contributed by atoms with Crippen molar-refractivity contribution in [2.45, 2.75) is 50.8 Å². The van der Waals surface area contributed by atoms with E-state index in [1.807, 2.05) is 20.8 Å². The van der Waals surface area contributed by atoms with Crippen molar-refractivity contribution in [3.63, 3.8) is 0 Å². The van der Waals surface area contributed by atoms with Crippen LogP contribution < -0.4 is 5.32 Å². The van der Waals surface area contributed by atoms with E-state index in [0.717, 1.165) is 0 Å². The van der Waals surface area contributed by atoms with Crippen LogP contribution in [-0.2, 0) is 20.2 Å². The van der Waals surface area contributed by atoms with Crippen LogP contribution in [0.5, 0.6) is 0 Å². The first-order chi connectivity index (χ1) is 14.5. The number of rotatable bonds is 5. The van der Waals surface area contributed by atoms with Gasteiger partial charge in [0.25, 0.3) is 0 Å². The lowest BCUT2D eigenvalue weighted by molar-refractivity contribution is -0.120. The van der Waals surface area contributed by atoms with E-state index in [-0.39, 0.29) is 41.0 Å². The average molecular weight is 445 g/mol. The number of hydrogen-bond acceptors (Lipinski definition) is 6. The van der Waals surface area contributed by atoms with Crippen LogP contribution in [0.1, 0.15) is 56.7 Å². The maximum atomic E-state index is 12.9. The minimum Gasteiger partial charge on any atom is -0.323 e. The topological polar surface area (TPSA) is 109 Å². The van der Waals surface area contributed by atoms with Crippen LogP contribution in [0.15, 0.2) is 41.6 Å². The van der Waals surface area contributed by atoms with E-state index in [2.05, 4.69) is 15.3 Å². The molecule has 1 aliphatic rings. The van der Waals surface area contributed by atoms with E-state index in [9.17, 15) is 18.0 Å². The van der Waals surface area contributed by atoms with Gasteiger partial charge in [0.1, 0.15) is 5.82 Å². The lowest BCUT2D eigenvalue weighted by Crippen LogP contribution is -2.41. The Morgan fingerprint density at radius 2 is 1.58 bits per heavy atom. The molecule has 8 nitrogen and oxygen atoms in total. The SMILES string of the molecule is CC(=O)c1ccc(S(=O)(=O)N2CCC(C(=O)Nc3cnc(C(C)(C)C)nc3)CC2)cc1. The number of Topliss-reactive ketones (excluding diaryl/α,β-unsaturated/α-hetero) is 1. The number of sulfonamides is 1. The predicted molar refractivity (Wildman–Crippen MR) is 117 cm³/mol. The van der Waals surface area contributed by atoms with E-state index < -0.39 is 10.0 Å². The average Bonchev–Trinajstić information content (AvgIpc) is 2.73. The second-order valence-corrected chi connectivity index (χ2v) is 10.7. The maximum Gasteiger partial charge on any atom is 0.243 e. The number of aromatic nitrogens is 2. The molecule has 1 amide bonds. The zero-order valence-electron chi connectivity index (χ0n) is 18.3. The first-order valence-corrected chi connectivity index (χ1v) is 11.7. The molecule has 1 aliphatic heterocycles. The number of benzene rings is 1. The van der Waals surface area contributed by atoms with E-state index in [0.29, 0.717) is 29.9 Å². The van der Waals surface area contributed by atoms with E-state index in [1.165, 1.54) is 35.5 Å². The maximum absolute atomic E-state index is 12.9. The number of amides is 1. The Bertz CT molecular complexity index is 1050. The Hall–Kier alpha value is -2.65. The summed E-state index contributed by atoms with van der Waals surface area (Å²) in [6.07, 6.45) is 4.04. The molecule has 0 radical (unpaired) electrons. The van der Waals surface area contributed by atoms with Crippen molar-refractivity contribution in [3.8, 4) is 0 Å². The number of carbonyl (C=O) groups excluding carboxylic acids is 2. The highest BCUT2D eigenvalue weighted by Gasteiger charge is 2.32. The van der Waals surface area contributed by atoms with Gasteiger partial charge >= 0.3 is 0 Å². The van der Waals surface area contributed by atoms with Crippen molar-refractivity contribution < 1.29 is 18.0 Å². The third kappa shape index (κ3) is 5.34. The number of ketones is 1. The number of hydrogen-bond donors (Lipinski definition) is 1. The Labute approximate surface area is 183 Å². The van der Waals surface area contributed by atoms with E-state index in [4.69, 9.17) is 0 Å². The van der Waals surface area contributed by atoms with Crippen molar-refractivity contribution in [2.75, 3.05) is 18.4 Å². The number of nitrogens with zero attached hydrogens (tertiary/aromatic N) is 3. The Kier molecular flexibility index (Phi) is 6.56. The second-order valence-electron chi connectivity index (χ2n) is 8.79. The molecule has 9 heteroatoms. The van der Waals surface area contributed by atoms with Gasteiger partial charge in [-0.2, -0.15) is 4.31 Å². The van der Waals surface area contributed by atoms with Gasteiger partial charge in [0.05, 0.1) is 23.0 Å². The Balaban J connectivity index is 1.59. The van der Waals surface area contributed by atoms with Crippen LogP contribution in [0, 0.1) is 5.92 Å². The summed E-state index contributed by atoms with van der Waals surface area (Å²) in [6, 6.07) is 5.93. The monoisotopic (exact) mass is 444 g/mol. The molecule has 166 valence electrons. The molecule has 0 atom stereocenters. The highest BCUT2D eigenvalue weighted by atomic mass is 32.2. The molecular weight excluding hydrogens is 416 g/mol. The third-order valence-corrected chi connectivity index (χ3v) is 7.23. The van der Waals surface area contributed by atoms with Crippen molar-refractivity contribution in [2.24, 2.45) is 5.92 Å². The molecular formula is C22H28N4O4S. The molecule has 1 N–H and O–H groups in total. The molecule has 2 aromatic rings. The largest absolute Gasteiger partial charge is 0.323 e. The zero-order chi connectivity index (χ0) is 22.8. The molecule has 1 fully saturated rings. The molecule has 2 heterocycles. The Morgan fingerprint density at radius 3 is 2.06 bits per heavy atom. The van der Waals surface area contributed by atoms with Gasteiger partial charge in [-0.1, -0.05) is 32.9 Å². The van der Waals surface area contributed by atoms with Crippen LogP contribution in [0.3, 0.4) is 0 Å². The van der Waals surface area contributed by atoms with Crippen LogP contribution in [0.4, 0.5) is 5.69 Å². The van der Waals surface area contributed by atoms with Gasteiger partial charge in [-0.25, -0.2) is 18.4 Å². The zero-order valence-corrected chi connectivity index (χ0v) is 19.1. The van der Waals surface area contributed by atoms with Crippen LogP contribution >= 0.6 is 0 Å². The first kappa shape index (κ1) is 23.0. The van der Waals surface area contributed by atoms with Gasteiger partial charge in [0.15, 0.2) is 5.78 Å². The molecule has 0 aliphatic carbocycles. The van der Waals surface area contributed by atoms with Crippen molar-refractivity contribution in [1.29, 1.82) is 0 Å². The fraction of sp³-hybridized carbons (Fsp3) is 0.455. The standard InChI is InChI=1S/C22H28N4O4S/c1-15(27)16-5-7-19(8-6-16)31(29,30)26-11-9-17(10-12-26)20(28)25-18-13-23-21(24-14-18)22(2,3)4/h5-8,13-14,17H,9-12H2,1-4H3,(H,25,28). The summed E-state index contributed by atoms with van der Waals surface area (Å²) >= 11 is 0. The second kappa shape index (κ2) is 8.84.